The van der Waals surface area contributed by atoms with Crippen LogP contribution in [0.25, 0.3) is 0 Å². The molecule has 18 heavy (non-hydrogen) atoms. The molecule has 6 heteroatoms. The van der Waals surface area contributed by atoms with Gasteiger partial charge in [-0.1, -0.05) is 11.6 Å². The van der Waals surface area contributed by atoms with Crippen LogP contribution >= 0.6 is 0 Å². The predicted molar refractivity (Wildman–Crippen MR) is 65.6 cm³/mol. The van der Waals surface area contributed by atoms with Gasteiger partial charge in [-0.2, -0.15) is 4.98 Å². The van der Waals surface area contributed by atoms with Gasteiger partial charge in [-0.25, -0.2) is 0 Å². The normalized spacial score (nSPS) is 23.2. The summed E-state index contributed by atoms with van der Waals surface area (Å²) in [5.74, 6) is 1.72. The Bertz CT molecular complexity index is 405. The summed E-state index contributed by atoms with van der Waals surface area (Å²) >= 11 is 0. The molecule has 1 aromatic heterocycles. The van der Waals surface area contributed by atoms with Crippen LogP contribution in [0.5, 0.6) is 0 Å². The third-order valence-electron chi connectivity index (χ3n) is 3.51. The molecule has 1 aromatic rings. The van der Waals surface area contributed by atoms with E-state index in [0.717, 1.165) is 19.3 Å². The largest absolute Gasteiger partial charge is 0.355 e. The second kappa shape index (κ2) is 5.95. The zero-order chi connectivity index (χ0) is 13.0. The van der Waals surface area contributed by atoms with E-state index in [4.69, 9.17) is 10.3 Å². The summed E-state index contributed by atoms with van der Waals surface area (Å²) < 4.78 is 4.98. The van der Waals surface area contributed by atoms with Gasteiger partial charge in [-0.05, 0) is 32.2 Å². The number of aromatic nitrogens is 2. The summed E-state index contributed by atoms with van der Waals surface area (Å²) in [6, 6.07) is 0. The Kier molecular flexibility index (Phi) is 4.30. The van der Waals surface area contributed by atoms with E-state index in [0.29, 0.717) is 37.1 Å². The standard InChI is InChI=1S/C12H20N4O2/c1-8-15-11(18-16-8)5-6-14-12(17)10-4-2-3-9(10)7-13/h9-10H,2-7,13H2,1H3,(H,14,17)/t9-,10-/m1/s1. The third kappa shape index (κ3) is 3.07. The fourth-order valence-corrected chi connectivity index (χ4v) is 2.53. The lowest BCUT2D eigenvalue weighted by molar-refractivity contribution is -0.125. The molecule has 0 bridgehead atoms. The summed E-state index contributed by atoms with van der Waals surface area (Å²) in [7, 11) is 0. The Morgan fingerprint density at radius 2 is 2.39 bits per heavy atom. The number of carbonyl (C=O) groups excluding carboxylic acids is 1. The van der Waals surface area contributed by atoms with Crippen LogP contribution in [0.15, 0.2) is 4.52 Å². The summed E-state index contributed by atoms with van der Waals surface area (Å²) in [6.07, 6.45) is 3.69. The molecular formula is C12H20N4O2. The number of carbonyl (C=O) groups is 1. The first-order valence-corrected chi connectivity index (χ1v) is 6.47. The Labute approximate surface area is 106 Å². The maximum Gasteiger partial charge on any atom is 0.228 e. The quantitative estimate of drug-likeness (QED) is 0.791. The molecule has 6 nitrogen and oxygen atoms in total. The highest BCUT2D eigenvalue weighted by atomic mass is 16.5. The molecule has 2 atom stereocenters. The van der Waals surface area contributed by atoms with Crippen molar-refractivity contribution in [2.75, 3.05) is 13.1 Å². The highest BCUT2D eigenvalue weighted by Gasteiger charge is 2.31. The Balaban J connectivity index is 1.74. The highest BCUT2D eigenvalue weighted by Crippen LogP contribution is 2.30. The van der Waals surface area contributed by atoms with E-state index in [1.807, 2.05) is 0 Å². The summed E-state index contributed by atoms with van der Waals surface area (Å²) in [5.41, 5.74) is 5.67. The molecule has 0 aliphatic heterocycles. The highest BCUT2D eigenvalue weighted by molar-refractivity contribution is 5.79. The SMILES string of the molecule is Cc1noc(CCNC(=O)[C@@H]2CCC[C@@H]2CN)n1. The molecular weight excluding hydrogens is 232 g/mol. The van der Waals surface area contributed by atoms with E-state index in [2.05, 4.69) is 15.5 Å². The lowest BCUT2D eigenvalue weighted by Crippen LogP contribution is -2.36. The minimum atomic E-state index is 0.0828. The molecule has 2 rings (SSSR count). The predicted octanol–water partition coefficient (Wildman–Crippen LogP) is 0.412. The van der Waals surface area contributed by atoms with Gasteiger partial charge in [-0.15, -0.1) is 0 Å². The van der Waals surface area contributed by atoms with Gasteiger partial charge < -0.3 is 15.6 Å². The molecule has 0 unspecified atom stereocenters. The molecule has 0 aromatic carbocycles. The number of nitrogens with two attached hydrogens (primary N) is 1. The van der Waals surface area contributed by atoms with Gasteiger partial charge in [-0.3, -0.25) is 4.79 Å². The van der Waals surface area contributed by atoms with E-state index in [1.165, 1.54) is 0 Å². The molecule has 1 aliphatic carbocycles. The second-order valence-corrected chi connectivity index (χ2v) is 4.81. The first-order chi connectivity index (χ1) is 8.70. The van der Waals surface area contributed by atoms with Gasteiger partial charge in [0, 0.05) is 18.9 Å². The zero-order valence-corrected chi connectivity index (χ0v) is 10.7. The summed E-state index contributed by atoms with van der Waals surface area (Å²) in [4.78, 5) is 16.1. The van der Waals surface area contributed by atoms with Gasteiger partial charge in [0.15, 0.2) is 5.82 Å². The topological polar surface area (TPSA) is 94.0 Å². The van der Waals surface area contributed by atoms with Gasteiger partial charge in [0.1, 0.15) is 0 Å². The zero-order valence-electron chi connectivity index (χ0n) is 10.7. The fourth-order valence-electron chi connectivity index (χ4n) is 2.53. The van der Waals surface area contributed by atoms with Crippen molar-refractivity contribution in [2.24, 2.45) is 17.6 Å². The van der Waals surface area contributed by atoms with E-state index in [9.17, 15) is 4.79 Å². The van der Waals surface area contributed by atoms with Crippen LogP contribution < -0.4 is 11.1 Å². The van der Waals surface area contributed by atoms with Crippen molar-refractivity contribution in [3.05, 3.63) is 11.7 Å². The Morgan fingerprint density at radius 1 is 1.56 bits per heavy atom. The molecule has 1 amide bonds. The summed E-state index contributed by atoms with van der Waals surface area (Å²) in [5, 5.41) is 6.63. The minimum Gasteiger partial charge on any atom is -0.355 e. The molecule has 0 saturated heterocycles. The number of hydrogen-bond acceptors (Lipinski definition) is 5. The first kappa shape index (κ1) is 13.0. The van der Waals surface area contributed by atoms with Gasteiger partial charge in [0.25, 0.3) is 0 Å². The molecule has 0 radical (unpaired) electrons. The van der Waals surface area contributed by atoms with Crippen LogP contribution in [0.2, 0.25) is 0 Å². The molecule has 100 valence electrons. The van der Waals surface area contributed by atoms with Crippen LogP contribution in [0.4, 0.5) is 0 Å². The van der Waals surface area contributed by atoms with Crippen LogP contribution in [0.1, 0.15) is 31.0 Å². The maximum atomic E-state index is 12.0. The monoisotopic (exact) mass is 252 g/mol. The number of amides is 1. The fraction of sp³-hybridized carbons (Fsp3) is 0.750. The lowest BCUT2D eigenvalue weighted by atomic mass is 9.95. The molecule has 1 heterocycles. The average molecular weight is 252 g/mol. The van der Waals surface area contributed by atoms with Gasteiger partial charge in [0.2, 0.25) is 11.8 Å². The van der Waals surface area contributed by atoms with Gasteiger partial charge in [0.05, 0.1) is 0 Å². The van der Waals surface area contributed by atoms with Crippen molar-refractivity contribution in [3.8, 4) is 0 Å². The number of nitrogens with zero attached hydrogens (tertiary/aromatic N) is 2. The van der Waals surface area contributed by atoms with Crippen LogP contribution in [-0.2, 0) is 11.2 Å². The first-order valence-electron chi connectivity index (χ1n) is 6.47. The van der Waals surface area contributed by atoms with Crippen molar-refractivity contribution >= 4 is 5.91 Å². The van der Waals surface area contributed by atoms with Crippen LogP contribution in [0.3, 0.4) is 0 Å². The molecule has 1 aliphatic rings. The Morgan fingerprint density at radius 3 is 3.06 bits per heavy atom. The van der Waals surface area contributed by atoms with Crippen molar-refractivity contribution in [3.63, 3.8) is 0 Å². The third-order valence-corrected chi connectivity index (χ3v) is 3.51. The molecule has 1 fully saturated rings. The van der Waals surface area contributed by atoms with Crippen LogP contribution in [0, 0.1) is 18.8 Å². The molecule has 1 saturated carbocycles. The van der Waals surface area contributed by atoms with E-state index < -0.39 is 0 Å². The minimum absolute atomic E-state index is 0.0828. The van der Waals surface area contributed by atoms with Crippen molar-refractivity contribution in [2.45, 2.75) is 32.6 Å². The average Bonchev–Trinajstić information content (AvgIpc) is 2.97. The van der Waals surface area contributed by atoms with E-state index in [-0.39, 0.29) is 11.8 Å². The molecule has 3 N–H and O–H groups in total. The van der Waals surface area contributed by atoms with E-state index in [1.54, 1.807) is 6.92 Å². The lowest BCUT2D eigenvalue weighted by Gasteiger charge is -2.16. The maximum absolute atomic E-state index is 12.0. The molecule has 0 spiro atoms. The van der Waals surface area contributed by atoms with Crippen molar-refractivity contribution in [1.29, 1.82) is 0 Å². The van der Waals surface area contributed by atoms with Crippen LogP contribution in [-0.4, -0.2) is 29.1 Å². The Hall–Kier alpha value is -1.43. The number of nitrogens with one attached hydrogen (secondary N) is 1. The number of hydrogen-bond donors (Lipinski definition) is 2. The smallest absolute Gasteiger partial charge is 0.228 e. The van der Waals surface area contributed by atoms with E-state index >= 15 is 0 Å². The second-order valence-electron chi connectivity index (χ2n) is 4.81. The number of rotatable bonds is 5. The number of aryl methyl sites for hydroxylation is 1. The van der Waals surface area contributed by atoms with Gasteiger partial charge >= 0.3 is 0 Å². The summed E-state index contributed by atoms with van der Waals surface area (Å²) in [6.45, 7) is 2.91. The van der Waals surface area contributed by atoms with Crippen molar-refractivity contribution in [1.82, 2.24) is 15.5 Å². The van der Waals surface area contributed by atoms with Crippen molar-refractivity contribution < 1.29 is 9.32 Å².